The Morgan fingerprint density at radius 1 is 1.04 bits per heavy atom. The van der Waals surface area contributed by atoms with Gasteiger partial charge in [0.25, 0.3) is 5.91 Å². The molecule has 2 atom stereocenters. The predicted molar refractivity (Wildman–Crippen MR) is 177 cm³/mol. The molecule has 3 amide bonds. The topological polar surface area (TPSA) is 223 Å². The third-order valence-corrected chi connectivity index (χ3v) is 6.93. The summed E-state index contributed by atoms with van der Waals surface area (Å²) in [4.78, 5) is 65.8. The van der Waals surface area contributed by atoms with Gasteiger partial charge in [-0.2, -0.15) is 0 Å². The average Bonchev–Trinajstić information content (AvgIpc) is 3.45. The zero-order chi connectivity index (χ0) is 35.3. The normalized spacial score (nSPS) is 12.8. The van der Waals surface area contributed by atoms with Crippen molar-refractivity contribution >= 4 is 40.7 Å². The number of guanidine groups is 1. The van der Waals surface area contributed by atoms with Crippen LogP contribution in [0.1, 0.15) is 51.2 Å². The average molecular weight is 667 g/mol. The van der Waals surface area contributed by atoms with E-state index in [1.165, 1.54) is 7.11 Å². The van der Waals surface area contributed by atoms with Crippen molar-refractivity contribution in [3.63, 3.8) is 0 Å². The molecule has 2 unspecified atom stereocenters. The summed E-state index contributed by atoms with van der Waals surface area (Å²) < 4.78 is 10.3. The van der Waals surface area contributed by atoms with E-state index in [1.54, 1.807) is 51.2 Å². The lowest BCUT2D eigenvalue weighted by molar-refractivity contribution is -0.480. The number of hydrazine groups is 1. The summed E-state index contributed by atoms with van der Waals surface area (Å²) in [5, 5.41) is 19.0. The maximum Gasteiger partial charge on any atom is 0.408 e. The number of para-hydroxylation sites is 1. The smallest absolute Gasteiger partial charge is 0.408 e. The maximum absolute atomic E-state index is 13.5. The minimum Gasteiger partial charge on any atom is -0.467 e. The lowest BCUT2D eigenvalue weighted by Crippen LogP contribution is -2.58. The van der Waals surface area contributed by atoms with Crippen molar-refractivity contribution in [2.45, 2.75) is 70.6 Å². The van der Waals surface area contributed by atoms with Crippen LogP contribution in [0.2, 0.25) is 0 Å². The lowest BCUT2D eigenvalue weighted by Gasteiger charge is -2.30. The first-order chi connectivity index (χ1) is 22.8. The van der Waals surface area contributed by atoms with E-state index in [0.717, 1.165) is 21.5 Å². The van der Waals surface area contributed by atoms with E-state index < -0.39 is 52.4 Å². The third-order valence-electron chi connectivity index (χ3n) is 6.93. The van der Waals surface area contributed by atoms with Crippen LogP contribution in [0.25, 0.3) is 10.9 Å². The van der Waals surface area contributed by atoms with Crippen molar-refractivity contribution in [1.82, 2.24) is 26.2 Å². The number of rotatable bonds is 14. The Bertz CT molecular complexity index is 1600. The number of carbonyl (C=O) groups excluding carboxylic acids is 4. The Hall–Kier alpha value is -5.67. The molecule has 0 fully saturated rings. The standard InChI is InChI=1S/C32H42N8O8/c1-32(2,3)48-31(44)35-25(18-21-12-6-5-7-13-21)28(42)36-37-30(33)38-40(27(41)16-10-11-17-39(45)46)26(29(43)47-4)19-22-20-34-24-15-9-8-14-23(22)24/h5-9,12-15,20,25-26,34H,10-11,16-19H2,1-4H3,(H,35,44)(H,36,42)(H3,33,37,38). The van der Waals surface area contributed by atoms with Crippen molar-refractivity contribution in [3.05, 3.63) is 82.0 Å². The van der Waals surface area contributed by atoms with Crippen LogP contribution in [0, 0.1) is 10.1 Å². The highest BCUT2D eigenvalue weighted by Gasteiger charge is 2.33. The number of unbranched alkanes of at least 4 members (excludes halogenated alkanes) is 1. The number of ether oxygens (including phenoxy) is 2. The van der Waals surface area contributed by atoms with Crippen LogP contribution < -0.4 is 21.9 Å². The quantitative estimate of drug-likeness (QED) is 0.0422. The van der Waals surface area contributed by atoms with Crippen LogP contribution >= 0.6 is 0 Å². The molecule has 0 bridgehead atoms. The van der Waals surface area contributed by atoms with Crippen molar-refractivity contribution in [3.8, 4) is 0 Å². The van der Waals surface area contributed by atoms with Crippen molar-refractivity contribution in [2.75, 3.05) is 13.7 Å². The Morgan fingerprint density at radius 3 is 2.40 bits per heavy atom. The molecule has 0 spiro atoms. The van der Waals surface area contributed by atoms with E-state index in [9.17, 15) is 29.3 Å². The molecular formula is C32H42N8O8. The highest BCUT2D eigenvalue weighted by Crippen LogP contribution is 2.21. The molecule has 0 radical (unpaired) electrons. The summed E-state index contributed by atoms with van der Waals surface area (Å²) in [6, 6.07) is 14.0. The second kappa shape index (κ2) is 17.3. The minimum absolute atomic E-state index is 0.00290. The molecule has 48 heavy (non-hydrogen) atoms. The molecular weight excluding hydrogens is 624 g/mol. The van der Waals surface area contributed by atoms with Crippen LogP contribution in [-0.2, 0) is 36.7 Å². The van der Waals surface area contributed by atoms with Gasteiger partial charge in [-0.05, 0) is 44.4 Å². The Kier molecular flexibility index (Phi) is 13.3. The first kappa shape index (κ1) is 36.8. The molecule has 3 aromatic rings. The summed E-state index contributed by atoms with van der Waals surface area (Å²) >= 11 is 0. The number of aromatic nitrogens is 1. The summed E-state index contributed by atoms with van der Waals surface area (Å²) in [6.45, 7) is 4.73. The number of benzene rings is 2. The molecule has 3 rings (SSSR count). The summed E-state index contributed by atoms with van der Waals surface area (Å²) in [5.74, 6) is -2.60. The van der Waals surface area contributed by atoms with Gasteiger partial charge in [0.15, 0.2) is 6.04 Å². The fraction of sp³-hybridized carbons (Fsp3) is 0.406. The zero-order valence-electron chi connectivity index (χ0n) is 27.4. The number of methoxy groups -OCH3 is 1. The number of nitrogens with two attached hydrogens (primary N) is 1. The fourth-order valence-corrected chi connectivity index (χ4v) is 4.73. The van der Waals surface area contributed by atoms with Gasteiger partial charge >= 0.3 is 12.1 Å². The Morgan fingerprint density at radius 2 is 1.73 bits per heavy atom. The SMILES string of the molecule is COC(=O)C(Cc1c[nH]c2ccccc12)N(NC(N)=NNC(=O)C(Cc1ccccc1)NC(=O)OC(C)(C)C)C(=O)CCCC[N+](=O)[O-]. The van der Waals surface area contributed by atoms with Crippen molar-refractivity contribution in [1.29, 1.82) is 0 Å². The van der Waals surface area contributed by atoms with Gasteiger partial charge in [-0.1, -0.05) is 48.5 Å². The number of hydrazone groups is 1. The van der Waals surface area contributed by atoms with Gasteiger partial charge in [0.2, 0.25) is 18.4 Å². The van der Waals surface area contributed by atoms with Gasteiger partial charge in [0.05, 0.1) is 7.11 Å². The first-order valence-electron chi connectivity index (χ1n) is 15.3. The molecule has 0 aliphatic carbocycles. The molecule has 258 valence electrons. The molecule has 0 aliphatic heterocycles. The van der Waals surface area contributed by atoms with Crippen LogP contribution in [-0.4, -0.2) is 76.1 Å². The lowest BCUT2D eigenvalue weighted by atomic mass is 10.0. The monoisotopic (exact) mass is 666 g/mol. The number of H-pyrrole nitrogens is 1. The highest BCUT2D eigenvalue weighted by atomic mass is 16.6. The van der Waals surface area contributed by atoms with Crippen LogP contribution in [0.5, 0.6) is 0 Å². The van der Waals surface area contributed by atoms with E-state index in [-0.39, 0.29) is 38.6 Å². The second-order valence-electron chi connectivity index (χ2n) is 11.9. The van der Waals surface area contributed by atoms with Crippen LogP contribution in [0.3, 0.4) is 0 Å². The van der Waals surface area contributed by atoms with E-state index >= 15 is 0 Å². The first-order valence-corrected chi connectivity index (χ1v) is 15.3. The Balaban J connectivity index is 1.84. The van der Waals surface area contributed by atoms with Gasteiger partial charge in [-0.3, -0.25) is 25.1 Å². The van der Waals surface area contributed by atoms with E-state index in [0.29, 0.717) is 5.56 Å². The number of aromatic amines is 1. The molecule has 16 nitrogen and oxygen atoms in total. The number of alkyl carbamates (subject to hydrolysis) is 1. The van der Waals surface area contributed by atoms with Gasteiger partial charge in [-0.25, -0.2) is 20.0 Å². The molecule has 6 N–H and O–H groups in total. The number of carbonyl (C=O) groups is 4. The van der Waals surface area contributed by atoms with Gasteiger partial charge < -0.3 is 25.5 Å². The van der Waals surface area contributed by atoms with E-state index in [2.05, 4.69) is 26.3 Å². The largest absolute Gasteiger partial charge is 0.467 e. The molecule has 0 saturated carbocycles. The molecule has 0 saturated heterocycles. The number of hydrogen-bond donors (Lipinski definition) is 5. The maximum atomic E-state index is 13.5. The van der Waals surface area contributed by atoms with Gasteiger partial charge in [-0.15, -0.1) is 5.10 Å². The number of hydrogen-bond acceptors (Lipinski definition) is 9. The van der Waals surface area contributed by atoms with Crippen LogP contribution in [0.4, 0.5) is 4.79 Å². The van der Waals surface area contributed by atoms with Crippen molar-refractivity contribution < 1.29 is 33.6 Å². The van der Waals surface area contributed by atoms with E-state index in [4.69, 9.17) is 15.2 Å². The molecule has 1 aromatic heterocycles. The van der Waals surface area contributed by atoms with Gasteiger partial charge in [0, 0.05) is 47.7 Å². The van der Waals surface area contributed by atoms with E-state index in [1.807, 2.05) is 30.3 Å². The number of nitrogens with zero attached hydrogens (tertiary/aromatic N) is 3. The molecule has 16 heteroatoms. The minimum atomic E-state index is -1.25. The van der Waals surface area contributed by atoms with Crippen molar-refractivity contribution in [2.24, 2.45) is 10.8 Å². The molecule has 1 heterocycles. The summed E-state index contributed by atoms with van der Waals surface area (Å²) in [7, 11) is 1.17. The van der Waals surface area contributed by atoms with Crippen LogP contribution in [0.15, 0.2) is 65.9 Å². The number of nitrogens with one attached hydrogen (secondary N) is 4. The Labute approximate surface area is 277 Å². The summed E-state index contributed by atoms with van der Waals surface area (Å²) in [6.07, 6.45) is 1.11. The highest BCUT2D eigenvalue weighted by molar-refractivity contribution is 5.91. The summed E-state index contributed by atoms with van der Waals surface area (Å²) in [5.41, 5.74) is 12.4. The predicted octanol–water partition coefficient (Wildman–Crippen LogP) is 2.51. The third kappa shape index (κ3) is 11.6. The van der Waals surface area contributed by atoms with Gasteiger partial charge in [0.1, 0.15) is 11.6 Å². The number of nitro groups is 1. The zero-order valence-corrected chi connectivity index (χ0v) is 27.4. The number of esters is 1. The number of fused-ring (bicyclic) bond motifs is 1. The molecule has 0 aliphatic rings. The second-order valence-corrected chi connectivity index (χ2v) is 11.9. The number of amides is 3. The fourth-order valence-electron chi connectivity index (χ4n) is 4.73. The molecule has 2 aromatic carbocycles.